The van der Waals surface area contributed by atoms with Gasteiger partial charge in [0.05, 0.1) is 6.54 Å². The summed E-state index contributed by atoms with van der Waals surface area (Å²) in [5.74, 6) is 0.781. The molecule has 0 radical (unpaired) electrons. The highest BCUT2D eigenvalue weighted by Gasteiger charge is 2.15. The summed E-state index contributed by atoms with van der Waals surface area (Å²) in [4.78, 5) is 18.7. The van der Waals surface area contributed by atoms with Crippen LogP contribution in [-0.2, 0) is 17.9 Å². The van der Waals surface area contributed by atoms with Crippen molar-refractivity contribution in [2.45, 2.75) is 13.2 Å². The average Bonchev–Trinajstić information content (AvgIpc) is 3.42. The van der Waals surface area contributed by atoms with Crippen molar-refractivity contribution in [3.05, 3.63) is 125 Å². The van der Waals surface area contributed by atoms with Gasteiger partial charge in [-0.2, -0.15) is 0 Å². The molecule has 0 aliphatic carbocycles. The molecule has 6 heteroatoms. The van der Waals surface area contributed by atoms with E-state index in [9.17, 15) is 4.79 Å². The second kappa shape index (κ2) is 11.2. The van der Waals surface area contributed by atoms with Crippen LogP contribution in [0.2, 0.25) is 5.02 Å². The van der Waals surface area contributed by atoms with Crippen LogP contribution in [0.5, 0.6) is 5.75 Å². The van der Waals surface area contributed by atoms with E-state index >= 15 is 0 Å². The van der Waals surface area contributed by atoms with E-state index in [2.05, 4.69) is 16.4 Å². The van der Waals surface area contributed by atoms with Crippen LogP contribution in [-0.4, -0.2) is 11.4 Å². The third-order valence-corrected chi connectivity index (χ3v) is 7.00. The molecule has 1 amide bonds. The first-order valence-electron chi connectivity index (χ1n) is 11.5. The molecule has 0 saturated carbocycles. The number of nitrogens with zero attached hydrogens (tertiary/aromatic N) is 2. The Hall–Kier alpha value is -3.93. The Kier molecular flexibility index (Phi) is 7.41. The summed E-state index contributed by atoms with van der Waals surface area (Å²) < 4.78 is 6.21. The first-order chi connectivity index (χ1) is 17.7. The third-order valence-electron chi connectivity index (χ3n) is 5.80. The van der Waals surface area contributed by atoms with Crippen molar-refractivity contribution in [2.75, 3.05) is 4.90 Å². The first kappa shape index (κ1) is 23.8. The fourth-order valence-electron chi connectivity index (χ4n) is 4.00. The van der Waals surface area contributed by atoms with E-state index in [1.54, 1.807) is 28.6 Å². The van der Waals surface area contributed by atoms with E-state index in [-0.39, 0.29) is 0 Å². The molecule has 36 heavy (non-hydrogen) atoms. The van der Waals surface area contributed by atoms with E-state index in [4.69, 9.17) is 16.3 Å². The molecule has 0 spiro atoms. The molecular weight excluding hydrogens is 488 g/mol. The fourth-order valence-corrected chi connectivity index (χ4v) is 5.09. The molecule has 178 valence electrons. The van der Waals surface area contributed by atoms with Crippen LogP contribution in [0.3, 0.4) is 0 Å². The molecule has 0 bridgehead atoms. The standard InChI is InChI=1S/C30H23ClN2O2S/c31-25-10-13-29(35-20-22-5-2-1-3-6-22)28(17-25)27-14-16-36-30(27)24-8-11-26(12-9-24)33(21-34)19-23-7-4-15-32-18-23/h1-18,21H,19-20H2. The van der Waals surface area contributed by atoms with Crippen LogP contribution < -0.4 is 9.64 Å². The maximum atomic E-state index is 11.8. The molecule has 5 rings (SSSR count). The lowest BCUT2D eigenvalue weighted by Gasteiger charge is -2.18. The fraction of sp³-hybridized carbons (Fsp3) is 0.0667. The molecule has 0 saturated heterocycles. The summed E-state index contributed by atoms with van der Waals surface area (Å²) in [7, 11) is 0. The van der Waals surface area contributed by atoms with E-state index in [0.29, 0.717) is 18.2 Å². The zero-order chi connectivity index (χ0) is 24.7. The van der Waals surface area contributed by atoms with Crippen molar-refractivity contribution in [2.24, 2.45) is 0 Å². The predicted octanol–water partition coefficient (Wildman–Crippen LogP) is 7.87. The van der Waals surface area contributed by atoms with Crippen molar-refractivity contribution >= 4 is 35.0 Å². The van der Waals surface area contributed by atoms with Gasteiger partial charge in [0.15, 0.2) is 0 Å². The molecule has 2 heterocycles. The Morgan fingerprint density at radius 3 is 2.44 bits per heavy atom. The van der Waals surface area contributed by atoms with Gasteiger partial charge < -0.3 is 9.64 Å². The molecule has 0 atom stereocenters. The van der Waals surface area contributed by atoms with Gasteiger partial charge in [0.1, 0.15) is 12.4 Å². The number of amides is 1. The number of pyridine rings is 1. The zero-order valence-corrected chi connectivity index (χ0v) is 21.0. The van der Waals surface area contributed by atoms with Crippen molar-refractivity contribution < 1.29 is 9.53 Å². The smallest absolute Gasteiger partial charge is 0.214 e. The van der Waals surface area contributed by atoms with Gasteiger partial charge in [-0.3, -0.25) is 9.78 Å². The Morgan fingerprint density at radius 2 is 1.69 bits per heavy atom. The molecule has 0 unspecified atom stereocenters. The van der Waals surface area contributed by atoms with Crippen molar-refractivity contribution in [1.82, 2.24) is 4.98 Å². The van der Waals surface area contributed by atoms with E-state index < -0.39 is 0 Å². The number of aromatic nitrogens is 1. The van der Waals surface area contributed by atoms with Gasteiger partial charge in [0.2, 0.25) is 6.41 Å². The molecule has 0 aliphatic heterocycles. The number of carbonyl (C=O) groups excluding carboxylic acids is 1. The number of ether oxygens (including phenoxy) is 1. The lowest BCUT2D eigenvalue weighted by atomic mass is 10.0. The van der Waals surface area contributed by atoms with E-state index in [1.165, 1.54) is 0 Å². The number of halogens is 1. The minimum atomic E-state index is 0.464. The Labute approximate surface area is 219 Å². The molecule has 5 aromatic rings. The second-order valence-electron chi connectivity index (χ2n) is 8.22. The van der Waals surface area contributed by atoms with Gasteiger partial charge in [-0.05, 0) is 64.5 Å². The van der Waals surface area contributed by atoms with Gasteiger partial charge in [0, 0.05) is 39.1 Å². The van der Waals surface area contributed by atoms with Gasteiger partial charge in [-0.15, -0.1) is 11.3 Å². The van der Waals surface area contributed by atoms with Crippen molar-refractivity contribution in [3.63, 3.8) is 0 Å². The molecule has 0 fully saturated rings. The highest BCUT2D eigenvalue weighted by Crippen LogP contribution is 2.42. The van der Waals surface area contributed by atoms with Gasteiger partial charge in [-0.1, -0.05) is 60.1 Å². The van der Waals surface area contributed by atoms with Crippen LogP contribution >= 0.6 is 22.9 Å². The predicted molar refractivity (Wildman–Crippen MR) is 147 cm³/mol. The lowest BCUT2D eigenvalue weighted by molar-refractivity contribution is -0.107. The summed E-state index contributed by atoms with van der Waals surface area (Å²) >= 11 is 8.05. The summed E-state index contributed by atoms with van der Waals surface area (Å²) in [5.41, 5.74) is 5.96. The molecular formula is C30H23ClN2O2S. The number of anilines is 1. The first-order valence-corrected chi connectivity index (χ1v) is 12.7. The maximum absolute atomic E-state index is 11.8. The summed E-state index contributed by atoms with van der Waals surface area (Å²) in [5, 5.41) is 2.72. The quantitative estimate of drug-likeness (QED) is 0.189. The number of hydrogen-bond acceptors (Lipinski definition) is 4. The van der Waals surface area contributed by atoms with Crippen LogP contribution in [0, 0.1) is 0 Å². The highest BCUT2D eigenvalue weighted by molar-refractivity contribution is 7.14. The number of rotatable bonds is 9. The van der Waals surface area contributed by atoms with Gasteiger partial charge in [-0.25, -0.2) is 0 Å². The summed E-state index contributed by atoms with van der Waals surface area (Å²) in [6.07, 6.45) is 4.34. The van der Waals surface area contributed by atoms with Crippen LogP contribution in [0.15, 0.2) is 109 Å². The lowest BCUT2D eigenvalue weighted by Crippen LogP contribution is -2.20. The minimum Gasteiger partial charge on any atom is -0.488 e. The number of thiophene rings is 1. The van der Waals surface area contributed by atoms with Crippen LogP contribution in [0.1, 0.15) is 11.1 Å². The van der Waals surface area contributed by atoms with Crippen LogP contribution in [0.4, 0.5) is 5.69 Å². The minimum absolute atomic E-state index is 0.464. The zero-order valence-electron chi connectivity index (χ0n) is 19.4. The molecule has 2 aromatic heterocycles. The highest BCUT2D eigenvalue weighted by atomic mass is 35.5. The number of benzene rings is 3. The van der Waals surface area contributed by atoms with E-state index in [1.807, 2.05) is 84.9 Å². The average molecular weight is 511 g/mol. The van der Waals surface area contributed by atoms with E-state index in [0.717, 1.165) is 50.5 Å². The summed E-state index contributed by atoms with van der Waals surface area (Å²) in [6, 6.07) is 29.7. The SMILES string of the molecule is O=CN(Cc1cccnc1)c1ccc(-c2sccc2-c2cc(Cl)ccc2OCc2ccccc2)cc1. The number of carbonyl (C=O) groups is 1. The third kappa shape index (κ3) is 5.48. The summed E-state index contributed by atoms with van der Waals surface area (Å²) in [6.45, 7) is 0.938. The normalized spacial score (nSPS) is 10.7. The van der Waals surface area contributed by atoms with Gasteiger partial charge >= 0.3 is 0 Å². The molecule has 0 N–H and O–H groups in total. The topological polar surface area (TPSA) is 42.4 Å². The molecule has 0 aliphatic rings. The Bertz CT molecular complexity index is 1440. The second-order valence-corrected chi connectivity index (χ2v) is 9.57. The Balaban J connectivity index is 1.41. The number of hydrogen-bond donors (Lipinski definition) is 0. The Morgan fingerprint density at radius 1 is 0.889 bits per heavy atom. The molecule has 4 nitrogen and oxygen atoms in total. The van der Waals surface area contributed by atoms with Crippen LogP contribution in [0.25, 0.3) is 21.6 Å². The largest absolute Gasteiger partial charge is 0.488 e. The van der Waals surface area contributed by atoms with Crippen molar-refractivity contribution in [1.29, 1.82) is 0 Å². The monoisotopic (exact) mass is 510 g/mol. The maximum Gasteiger partial charge on any atom is 0.214 e. The van der Waals surface area contributed by atoms with Gasteiger partial charge in [0.25, 0.3) is 0 Å². The van der Waals surface area contributed by atoms with Crippen molar-refractivity contribution in [3.8, 4) is 27.3 Å². The molecule has 3 aromatic carbocycles.